The Morgan fingerprint density at radius 3 is 2.50 bits per heavy atom. The smallest absolute Gasteiger partial charge is 0.161 e. The van der Waals surface area contributed by atoms with Crippen LogP contribution in [-0.4, -0.2) is 56.2 Å². The molecule has 1 fully saturated rings. The zero-order chi connectivity index (χ0) is 16.8. The Kier molecular flexibility index (Phi) is 8.53. The molecule has 24 heavy (non-hydrogen) atoms. The number of carbonyl (C=O) groups excluding carboxylic acids is 1. The minimum atomic E-state index is 0. The molecule has 2 rings (SSSR count). The van der Waals surface area contributed by atoms with Gasteiger partial charge in [-0.3, -0.25) is 9.69 Å². The summed E-state index contributed by atoms with van der Waals surface area (Å²) in [7, 11) is 1.59. The van der Waals surface area contributed by atoms with E-state index >= 15 is 0 Å². The third kappa shape index (κ3) is 5.96. The lowest BCUT2D eigenvalue weighted by molar-refractivity contribution is -0.0686. The van der Waals surface area contributed by atoms with E-state index in [4.69, 9.17) is 14.2 Å². The second-order valence-corrected chi connectivity index (χ2v) is 6.14. The summed E-state index contributed by atoms with van der Waals surface area (Å²) in [5.41, 5.74) is 0.630. The third-order valence-electron chi connectivity index (χ3n) is 3.94. The van der Waals surface area contributed by atoms with Gasteiger partial charge < -0.3 is 14.2 Å². The average Bonchev–Trinajstić information content (AvgIpc) is 2.50. The summed E-state index contributed by atoms with van der Waals surface area (Å²) in [6.07, 6.45) is 1.52. The number of carbonyl (C=O) groups is 1. The van der Waals surface area contributed by atoms with Gasteiger partial charge in [0.2, 0.25) is 0 Å². The maximum absolute atomic E-state index is 11.4. The predicted molar refractivity (Wildman–Crippen MR) is 96.8 cm³/mol. The Hall–Kier alpha value is -1.30. The first-order valence-electron chi connectivity index (χ1n) is 8.19. The summed E-state index contributed by atoms with van der Waals surface area (Å²) in [6, 6.07) is 5.29. The van der Waals surface area contributed by atoms with Crippen molar-refractivity contribution in [2.45, 2.75) is 39.4 Å². The summed E-state index contributed by atoms with van der Waals surface area (Å²) >= 11 is 0. The number of methoxy groups -OCH3 is 1. The number of hydrogen-bond donors (Lipinski definition) is 0. The van der Waals surface area contributed by atoms with Crippen LogP contribution in [0.15, 0.2) is 18.2 Å². The topological polar surface area (TPSA) is 48.0 Å². The molecule has 0 bridgehead atoms. The number of hydrogen-bond acceptors (Lipinski definition) is 5. The first-order chi connectivity index (χ1) is 11.0. The van der Waals surface area contributed by atoms with Crippen molar-refractivity contribution in [2.24, 2.45) is 0 Å². The maximum Gasteiger partial charge on any atom is 0.161 e. The van der Waals surface area contributed by atoms with Crippen molar-refractivity contribution >= 4 is 18.2 Å². The molecule has 0 N–H and O–H groups in total. The van der Waals surface area contributed by atoms with Gasteiger partial charge in [-0.05, 0) is 45.4 Å². The highest BCUT2D eigenvalue weighted by molar-refractivity contribution is 5.94. The lowest BCUT2D eigenvalue weighted by Gasteiger charge is -2.35. The minimum absolute atomic E-state index is 0. The zero-order valence-corrected chi connectivity index (χ0v) is 15.7. The molecule has 6 heteroatoms. The highest BCUT2D eigenvalue weighted by Gasteiger charge is 2.21. The van der Waals surface area contributed by atoms with E-state index in [9.17, 15) is 4.79 Å². The lowest BCUT2D eigenvalue weighted by Crippen LogP contribution is -2.45. The summed E-state index contributed by atoms with van der Waals surface area (Å²) in [5.74, 6) is 1.30. The van der Waals surface area contributed by atoms with Crippen LogP contribution in [0.4, 0.5) is 0 Å². The fourth-order valence-electron chi connectivity index (χ4n) is 2.94. The number of Topliss-reactive ketones (excluding diaryl/α,β-unsaturated/α-hetero) is 1. The van der Waals surface area contributed by atoms with Gasteiger partial charge in [0.1, 0.15) is 0 Å². The number of ether oxygens (including phenoxy) is 3. The van der Waals surface area contributed by atoms with E-state index in [0.29, 0.717) is 35.9 Å². The van der Waals surface area contributed by atoms with Crippen molar-refractivity contribution in [3.05, 3.63) is 23.8 Å². The molecule has 136 valence electrons. The molecule has 2 atom stereocenters. The monoisotopic (exact) mass is 357 g/mol. The molecule has 1 aliphatic heterocycles. The molecule has 1 aromatic rings. The van der Waals surface area contributed by atoms with Crippen molar-refractivity contribution in [1.29, 1.82) is 0 Å². The van der Waals surface area contributed by atoms with Crippen molar-refractivity contribution < 1.29 is 19.0 Å². The van der Waals surface area contributed by atoms with Gasteiger partial charge in [0, 0.05) is 25.2 Å². The predicted octanol–water partition coefficient (Wildman–Crippen LogP) is 3.20. The number of morpholine rings is 1. The second kappa shape index (κ2) is 9.87. The Balaban J connectivity index is 0.00000288. The number of halogens is 1. The van der Waals surface area contributed by atoms with Crippen molar-refractivity contribution in [3.8, 4) is 11.5 Å². The Labute approximate surface area is 150 Å². The van der Waals surface area contributed by atoms with Crippen molar-refractivity contribution in [1.82, 2.24) is 4.90 Å². The fourth-order valence-corrected chi connectivity index (χ4v) is 2.94. The highest BCUT2D eigenvalue weighted by Crippen LogP contribution is 2.28. The third-order valence-corrected chi connectivity index (χ3v) is 3.94. The molecule has 2 unspecified atom stereocenters. The number of benzene rings is 1. The van der Waals surface area contributed by atoms with Gasteiger partial charge in [-0.2, -0.15) is 0 Å². The average molecular weight is 358 g/mol. The van der Waals surface area contributed by atoms with Gasteiger partial charge >= 0.3 is 0 Å². The summed E-state index contributed by atoms with van der Waals surface area (Å²) in [6.45, 7) is 9.32. The van der Waals surface area contributed by atoms with Crippen LogP contribution in [0.3, 0.4) is 0 Å². The molecule has 0 spiro atoms. The largest absolute Gasteiger partial charge is 0.493 e. The van der Waals surface area contributed by atoms with Gasteiger partial charge in [-0.1, -0.05) is 0 Å². The Morgan fingerprint density at radius 2 is 1.92 bits per heavy atom. The molecule has 5 nitrogen and oxygen atoms in total. The standard InChI is InChI=1S/C18H27NO4.ClH/c1-13-11-19(12-14(2)23-13)8-5-9-22-17-7-6-16(15(3)20)10-18(17)21-4;/h6-7,10,13-14H,5,8-9,11-12H2,1-4H3;1H. The Bertz CT molecular complexity index is 528. The quantitative estimate of drug-likeness (QED) is 0.554. The van der Waals surface area contributed by atoms with Crippen LogP contribution in [0.25, 0.3) is 0 Å². The molecule has 0 amide bonds. The zero-order valence-electron chi connectivity index (χ0n) is 14.9. The molecular weight excluding hydrogens is 330 g/mol. The van der Waals surface area contributed by atoms with E-state index in [2.05, 4.69) is 18.7 Å². The SMILES string of the molecule is COc1cc(C(C)=O)ccc1OCCCN1CC(C)OC(C)C1.Cl. The molecular formula is C18H28ClNO4. The van der Waals surface area contributed by atoms with Gasteiger partial charge in [0.25, 0.3) is 0 Å². The second-order valence-electron chi connectivity index (χ2n) is 6.14. The van der Waals surface area contributed by atoms with Gasteiger partial charge in [-0.25, -0.2) is 0 Å². The number of rotatable bonds is 7. The minimum Gasteiger partial charge on any atom is -0.493 e. The van der Waals surface area contributed by atoms with Crippen LogP contribution in [0.1, 0.15) is 37.6 Å². The molecule has 0 aliphatic carbocycles. The van der Waals surface area contributed by atoms with E-state index in [1.807, 2.05) is 0 Å². The molecule has 1 heterocycles. The summed E-state index contributed by atoms with van der Waals surface area (Å²) < 4.78 is 16.9. The normalized spacial score (nSPS) is 21.0. The van der Waals surface area contributed by atoms with Crippen LogP contribution in [0, 0.1) is 0 Å². The molecule has 0 saturated carbocycles. The van der Waals surface area contributed by atoms with Crippen LogP contribution in [0.5, 0.6) is 11.5 Å². The van der Waals surface area contributed by atoms with Crippen LogP contribution >= 0.6 is 12.4 Å². The van der Waals surface area contributed by atoms with E-state index in [1.54, 1.807) is 32.2 Å². The lowest BCUT2D eigenvalue weighted by atomic mass is 10.1. The molecule has 0 aromatic heterocycles. The van der Waals surface area contributed by atoms with Crippen LogP contribution in [-0.2, 0) is 4.74 Å². The molecule has 1 aromatic carbocycles. The van der Waals surface area contributed by atoms with Crippen molar-refractivity contribution in [3.63, 3.8) is 0 Å². The first-order valence-corrected chi connectivity index (χ1v) is 8.19. The van der Waals surface area contributed by atoms with E-state index < -0.39 is 0 Å². The Morgan fingerprint density at radius 1 is 1.25 bits per heavy atom. The van der Waals surface area contributed by atoms with Crippen LogP contribution < -0.4 is 9.47 Å². The fraction of sp³-hybridized carbons (Fsp3) is 0.611. The first kappa shape index (κ1) is 20.7. The highest BCUT2D eigenvalue weighted by atomic mass is 35.5. The molecule has 1 aliphatic rings. The summed E-state index contributed by atoms with van der Waals surface area (Å²) in [4.78, 5) is 13.8. The summed E-state index contributed by atoms with van der Waals surface area (Å²) in [5, 5.41) is 0. The maximum atomic E-state index is 11.4. The van der Waals surface area contributed by atoms with Crippen LogP contribution in [0.2, 0.25) is 0 Å². The number of ketones is 1. The van der Waals surface area contributed by atoms with E-state index in [1.165, 1.54) is 0 Å². The van der Waals surface area contributed by atoms with Crippen molar-refractivity contribution in [2.75, 3.05) is 33.4 Å². The van der Waals surface area contributed by atoms with E-state index in [0.717, 1.165) is 26.1 Å². The number of nitrogens with zero attached hydrogens (tertiary/aromatic N) is 1. The molecule has 0 radical (unpaired) electrons. The van der Waals surface area contributed by atoms with E-state index in [-0.39, 0.29) is 18.2 Å². The van der Waals surface area contributed by atoms with Gasteiger partial charge in [-0.15, -0.1) is 12.4 Å². The molecule has 1 saturated heterocycles. The van der Waals surface area contributed by atoms with Gasteiger partial charge in [0.15, 0.2) is 17.3 Å². The van der Waals surface area contributed by atoms with Gasteiger partial charge in [0.05, 0.1) is 25.9 Å².